The summed E-state index contributed by atoms with van der Waals surface area (Å²) in [5.74, 6) is 0.294. The van der Waals surface area contributed by atoms with E-state index in [0.29, 0.717) is 18.1 Å². The summed E-state index contributed by atoms with van der Waals surface area (Å²) in [6.07, 6.45) is 0. The highest BCUT2D eigenvalue weighted by atomic mass is 16.1. The number of nitrogens with one attached hydrogen (secondary N) is 2. The van der Waals surface area contributed by atoms with Gasteiger partial charge in [0.15, 0.2) is 5.96 Å². The van der Waals surface area contributed by atoms with Crippen molar-refractivity contribution in [3.8, 4) is 0 Å². The van der Waals surface area contributed by atoms with Gasteiger partial charge in [0.2, 0.25) is 5.91 Å². The maximum Gasteiger partial charge on any atom is 0.248 e. The highest BCUT2D eigenvalue weighted by Crippen LogP contribution is 2.21. The highest BCUT2D eigenvalue weighted by Gasteiger charge is 2.20. The van der Waals surface area contributed by atoms with Gasteiger partial charge in [-0.1, -0.05) is 56.3 Å². The molecule has 2 rings (SSSR count). The lowest BCUT2D eigenvalue weighted by Gasteiger charge is -2.26. The molecule has 5 nitrogen and oxygen atoms in total. The normalized spacial score (nSPS) is 11.9. The van der Waals surface area contributed by atoms with Gasteiger partial charge in [-0.2, -0.15) is 0 Å². The average molecular weight is 338 g/mol. The molecule has 0 spiro atoms. The Morgan fingerprint density at radius 2 is 1.80 bits per heavy atom. The van der Waals surface area contributed by atoms with Crippen LogP contribution in [0.5, 0.6) is 0 Å². The fraction of sp³-hybridized carbons (Fsp3) is 0.300. The highest BCUT2D eigenvalue weighted by molar-refractivity contribution is 5.92. The van der Waals surface area contributed by atoms with Crippen LogP contribution in [0.1, 0.15) is 35.3 Å². The van der Waals surface area contributed by atoms with Crippen LogP contribution < -0.4 is 16.4 Å². The molecule has 0 atom stereocenters. The second kappa shape index (κ2) is 8.33. The van der Waals surface area contributed by atoms with Gasteiger partial charge >= 0.3 is 0 Å². The molecule has 0 radical (unpaired) electrons. The van der Waals surface area contributed by atoms with Crippen molar-refractivity contribution in [3.05, 3.63) is 71.3 Å². The minimum absolute atomic E-state index is 0.0231. The van der Waals surface area contributed by atoms with Gasteiger partial charge in [-0.05, 0) is 23.3 Å². The van der Waals surface area contributed by atoms with E-state index in [2.05, 4.69) is 53.7 Å². The molecule has 0 heterocycles. The zero-order chi connectivity index (χ0) is 18.3. The van der Waals surface area contributed by atoms with Gasteiger partial charge < -0.3 is 16.4 Å². The molecule has 0 aliphatic heterocycles. The lowest BCUT2D eigenvalue weighted by atomic mass is 9.85. The summed E-state index contributed by atoms with van der Waals surface area (Å²) in [5, 5.41) is 6.63. The van der Waals surface area contributed by atoms with Gasteiger partial charge in [0, 0.05) is 31.1 Å². The minimum atomic E-state index is -0.422. The van der Waals surface area contributed by atoms with Crippen LogP contribution in [-0.2, 0) is 12.0 Å². The van der Waals surface area contributed by atoms with E-state index in [1.54, 1.807) is 19.2 Å². The first-order chi connectivity index (χ1) is 11.9. The molecule has 1 amide bonds. The zero-order valence-corrected chi connectivity index (χ0v) is 15.0. The van der Waals surface area contributed by atoms with E-state index in [1.165, 1.54) is 5.56 Å². The van der Waals surface area contributed by atoms with Crippen LogP contribution >= 0.6 is 0 Å². The number of hydrogen-bond donors (Lipinski definition) is 3. The Kier molecular flexibility index (Phi) is 6.17. The Morgan fingerprint density at radius 1 is 1.08 bits per heavy atom. The molecule has 0 bridgehead atoms. The van der Waals surface area contributed by atoms with E-state index < -0.39 is 5.91 Å². The summed E-state index contributed by atoms with van der Waals surface area (Å²) in [6.45, 7) is 5.70. The van der Waals surface area contributed by atoms with Gasteiger partial charge in [-0.15, -0.1) is 0 Å². The van der Waals surface area contributed by atoms with Gasteiger partial charge in [0.1, 0.15) is 0 Å². The maximum absolute atomic E-state index is 11.3. The second-order valence-corrected chi connectivity index (χ2v) is 6.59. The summed E-state index contributed by atoms with van der Waals surface area (Å²) in [7, 11) is 1.74. The first kappa shape index (κ1) is 18.5. The Morgan fingerprint density at radius 3 is 2.44 bits per heavy atom. The predicted octanol–water partition coefficient (Wildman–Crippen LogP) is 2.43. The molecular formula is C20H26N4O. The summed E-state index contributed by atoms with van der Waals surface area (Å²) in [6, 6.07) is 17.7. The number of benzene rings is 2. The molecule has 25 heavy (non-hydrogen) atoms. The number of hydrogen-bond acceptors (Lipinski definition) is 2. The predicted molar refractivity (Wildman–Crippen MR) is 103 cm³/mol. The molecule has 0 unspecified atom stereocenters. The number of primary amides is 1. The fourth-order valence-corrected chi connectivity index (χ4v) is 2.54. The standard InChI is InChI=1S/C20H26N4O/c1-20(2,17-10-5-4-6-11-17)14-24-19(22-3)23-13-15-8-7-9-16(12-15)18(21)25/h4-12H,13-14H2,1-3H3,(H2,21,25)(H2,22,23,24). The number of amides is 1. The van der Waals surface area contributed by atoms with E-state index >= 15 is 0 Å². The van der Waals surface area contributed by atoms with Crippen molar-refractivity contribution in [2.75, 3.05) is 13.6 Å². The van der Waals surface area contributed by atoms with Crippen molar-refractivity contribution >= 4 is 11.9 Å². The molecule has 0 saturated carbocycles. The third-order valence-electron chi connectivity index (χ3n) is 4.15. The molecule has 2 aromatic carbocycles. The van der Waals surface area contributed by atoms with E-state index in [-0.39, 0.29) is 5.41 Å². The fourth-order valence-electron chi connectivity index (χ4n) is 2.54. The third kappa shape index (κ3) is 5.35. The SMILES string of the molecule is CN=C(NCc1cccc(C(N)=O)c1)NCC(C)(C)c1ccccc1. The van der Waals surface area contributed by atoms with Crippen LogP contribution in [0, 0.1) is 0 Å². The summed E-state index contributed by atoms with van der Waals surface area (Å²) < 4.78 is 0. The molecule has 5 heteroatoms. The number of rotatable bonds is 6. The number of carbonyl (C=O) groups excluding carboxylic acids is 1. The number of guanidine groups is 1. The Hall–Kier alpha value is -2.82. The number of carbonyl (C=O) groups is 1. The van der Waals surface area contributed by atoms with Crippen molar-refractivity contribution in [2.24, 2.45) is 10.7 Å². The first-order valence-corrected chi connectivity index (χ1v) is 8.31. The molecule has 0 aliphatic carbocycles. The van der Waals surface area contributed by atoms with Crippen molar-refractivity contribution in [2.45, 2.75) is 25.8 Å². The Balaban J connectivity index is 1.93. The van der Waals surface area contributed by atoms with Crippen LogP contribution in [0.15, 0.2) is 59.6 Å². The van der Waals surface area contributed by atoms with Gasteiger partial charge in [0.25, 0.3) is 0 Å². The quantitative estimate of drug-likeness (QED) is 0.559. The second-order valence-electron chi connectivity index (χ2n) is 6.59. The smallest absolute Gasteiger partial charge is 0.248 e. The topological polar surface area (TPSA) is 79.5 Å². The first-order valence-electron chi connectivity index (χ1n) is 8.31. The van der Waals surface area contributed by atoms with Crippen LogP contribution in [0.2, 0.25) is 0 Å². The van der Waals surface area contributed by atoms with Gasteiger partial charge in [-0.25, -0.2) is 0 Å². The van der Waals surface area contributed by atoms with Crippen LogP contribution in [0.25, 0.3) is 0 Å². The summed E-state index contributed by atoms with van der Waals surface area (Å²) >= 11 is 0. The van der Waals surface area contributed by atoms with Crippen molar-refractivity contribution in [1.29, 1.82) is 0 Å². The molecule has 2 aromatic rings. The monoisotopic (exact) mass is 338 g/mol. The number of nitrogens with zero attached hydrogens (tertiary/aromatic N) is 1. The Labute approximate surface area is 149 Å². The van der Waals surface area contributed by atoms with Crippen LogP contribution in [0.3, 0.4) is 0 Å². The number of nitrogens with two attached hydrogens (primary N) is 1. The minimum Gasteiger partial charge on any atom is -0.366 e. The molecule has 132 valence electrons. The largest absolute Gasteiger partial charge is 0.366 e. The number of aliphatic imine (C=N–C) groups is 1. The maximum atomic E-state index is 11.3. The van der Waals surface area contributed by atoms with Crippen molar-refractivity contribution in [1.82, 2.24) is 10.6 Å². The molecule has 0 fully saturated rings. The lowest BCUT2D eigenvalue weighted by Crippen LogP contribution is -2.43. The van der Waals surface area contributed by atoms with Crippen LogP contribution in [-0.4, -0.2) is 25.5 Å². The third-order valence-corrected chi connectivity index (χ3v) is 4.15. The lowest BCUT2D eigenvalue weighted by molar-refractivity contribution is 0.1000. The van der Waals surface area contributed by atoms with Crippen LogP contribution in [0.4, 0.5) is 0 Å². The van der Waals surface area contributed by atoms with E-state index in [0.717, 1.165) is 12.1 Å². The van der Waals surface area contributed by atoms with E-state index in [9.17, 15) is 4.79 Å². The molecular weight excluding hydrogens is 312 g/mol. The summed E-state index contributed by atoms with van der Waals surface area (Å²) in [5.41, 5.74) is 8.05. The molecule has 0 aliphatic rings. The van der Waals surface area contributed by atoms with Gasteiger partial charge in [0.05, 0.1) is 0 Å². The Bertz CT molecular complexity index is 738. The zero-order valence-electron chi connectivity index (χ0n) is 15.0. The van der Waals surface area contributed by atoms with E-state index in [4.69, 9.17) is 5.73 Å². The average Bonchev–Trinajstić information content (AvgIpc) is 2.63. The van der Waals surface area contributed by atoms with Crippen molar-refractivity contribution in [3.63, 3.8) is 0 Å². The van der Waals surface area contributed by atoms with Gasteiger partial charge in [-0.3, -0.25) is 9.79 Å². The molecule has 4 N–H and O–H groups in total. The molecule has 0 saturated heterocycles. The summed E-state index contributed by atoms with van der Waals surface area (Å²) in [4.78, 5) is 15.5. The van der Waals surface area contributed by atoms with E-state index in [1.807, 2.05) is 18.2 Å². The van der Waals surface area contributed by atoms with Crippen molar-refractivity contribution < 1.29 is 4.79 Å². The molecule has 0 aromatic heterocycles.